The second-order valence-electron chi connectivity index (χ2n) is 4.16. The number of nitro benzene ring substituents is 1. The van der Waals surface area contributed by atoms with Crippen molar-refractivity contribution < 1.29 is 19.2 Å². The molecular weight excluding hydrogens is 276 g/mol. The number of amides is 1. The van der Waals surface area contributed by atoms with Gasteiger partial charge in [0.15, 0.2) is 6.10 Å². The van der Waals surface area contributed by atoms with Crippen LogP contribution in [0.25, 0.3) is 6.08 Å². The van der Waals surface area contributed by atoms with Crippen LogP contribution in [-0.2, 0) is 14.3 Å². The van der Waals surface area contributed by atoms with Gasteiger partial charge in [0, 0.05) is 24.8 Å². The Balaban J connectivity index is 2.57. The second-order valence-corrected chi connectivity index (χ2v) is 4.16. The molecule has 0 aromatic heterocycles. The molecule has 1 N–H and O–H groups in total. The van der Waals surface area contributed by atoms with E-state index in [0.717, 1.165) is 6.08 Å². The van der Waals surface area contributed by atoms with Gasteiger partial charge in [0.1, 0.15) is 0 Å². The first kappa shape index (κ1) is 16.4. The Bertz CT molecular complexity index is 551. The van der Waals surface area contributed by atoms with Crippen LogP contribution in [0, 0.1) is 10.1 Å². The lowest BCUT2D eigenvalue weighted by Crippen LogP contribution is -2.35. The predicted octanol–water partition coefficient (Wildman–Crippen LogP) is 1.68. The minimum absolute atomic E-state index is 0.0282. The smallest absolute Gasteiger partial charge is 0.331 e. The Morgan fingerprint density at radius 1 is 1.38 bits per heavy atom. The van der Waals surface area contributed by atoms with Crippen molar-refractivity contribution in [3.8, 4) is 0 Å². The highest BCUT2D eigenvalue weighted by Gasteiger charge is 2.15. The van der Waals surface area contributed by atoms with Crippen molar-refractivity contribution in [3.05, 3.63) is 46.0 Å². The molecule has 21 heavy (non-hydrogen) atoms. The van der Waals surface area contributed by atoms with Crippen molar-refractivity contribution in [2.45, 2.75) is 20.0 Å². The number of nitro groups is 1. The number of ether oxygens (including phenoxy) is 1. The van der Waals surface area contributed by atoms with Crippen molar-refractivity contribution in [2.75, 3.05) is 6.54 Å². The zero-order valence-corrected chi connectivity index (χ0v) is 11.7. The summed E-state index contributed by atoms with van der Waals surface area (Å²) in [5, 5.41) is 13.0. The molecule has 0 aliphatic heterocycles. The van der Waals surface area contributed by atoms with Gasteiger partial charge in [0.25, 0.3) is 11.6 Å². The molecule has 1 rings (SSSR count). The Kier molecular flexibility index (Phi) is 6.06. The molecule has 0 fully saturated rings. The van der Waals surface area contributed by atoms with Crippen LogP contribution in [0.15, 0.2) is 30.3 Å². The van der Waals surface area contributed by atoms with Crippen molar-refractivity contribution >= 4 is 23.6 Å². The van der Waals surface area contributed by atoms with Crippen LogP contribution < -0.4 is 5.32 Å². The summed E-state index contributed by atoms with van der Waals surface area (Å²) in [7, 11) is 0. The molecule has 0 heterocycles. The van der Waals surface area contributed by atoms with Crippen molar-refractivity contribution in [1.29, 1.82) is 0 Å². The summed E-state index contributed by atoms with van der Waals surface area (Å²) < 4.78 is 4.90. The van der Waals surface area contributed by atoms with Gasteiger partial charge in [-0.25, -0.2) is 4.79 Å². The molecule has 0 saturated heterocycles. The molecule has 0 spiro atoms. The molecule has 1 aromatic rings. The van der Waals surface area contributed by atoms with Gasteiger partial charge in [-0.15, -0.1) is 0 Å². The van der Waals surface area contributed by atoms with E-state index in [9.17, 15) is 19.7 Å². The van der Waals surface area contributed by atoms with Crippen molar-refractivity contribution in [3.63, 3.8) is 0 Å². The van der Waals surface area contributed by atoms with Crippen LogP contribution in [0.3, 0.4) is 0 Å². The van der Waals surface area contributed by atoms with E-state index >= 15 is 0 Å². The van der Waals surface area contributed by atoms with Gasteiger partial charge >= 0.3 is 5.97 Å². The molecule has 0 bridgehead atoms. The SMILES string of the molecule is CCNC(=O)[C@H](C)OC(=O)/C=C/c1ccc([N+](=O)[O-])cc1. The lowest BCUT2D eigenvalue weighted by molar-refractivity contribution is -0.384. The fourth-order valence-corrected chi connectivity index (χ4v) is 1.46. The number of nitrogens with one attached hydrogen (secondary N) is 1. The molecule has 0 radical (unpaired) electrons. The minimum atomic E-state index is -0.876. The maximum atomic E-state index is 11.5. The number of esters is 1. The highest BCUT2D eigenvalue weighted by molar-refractivity contribution is 5.90. The maximum Gasteiger partial charge on any atom is 0.331 e. The van der Waals surface area contributed by atoms with Crippen LogP contribution in [0.2, 0.25) is 0 Å². The van der Waals surface area contributed by atoms with Gasteiger partial charge in [0.05, 0.1) is 4.92 Å². The lowest BCUT2D eigenvalue weighted by Gasteiger charge is -2.10. The Morgan fingerprint density at radius 3 is 2.52 bits per heavy atom. The molecule has 1 amide bonds. The molecule has 1 atom stereocenters. The van der Waals surface area contributed by atoms with Crippen LogP contribution in [0.4, 0.5) is 5.69 Å². The maximum absolute atomic E-state index is 11.5. The summed E-state index contributed by atoms with van der Waals surface area (Å²) >= 11 is 0. The van der Waals surface area contributed by atoms with Gasteiger partial charge < -0.3 is 10.1 Å². The molecule has 7 nitrogen and oxygen atoms in total. The molecular formula is C14H16N2O5. The zero-order chi connectivity index (χ0) is 15.8. The summed E-state index contributed by atoms with van der Waals surface area (Å²) in [6.07, 6.45) is 1.74. The summed E-state index contributed by atoms with van der Waals surface area (Å²) in [4.78, 5) is 32.9. The summed E-state index contributed by atoms with van der Waals surface area (Å²) in [6.45, 7) is 3.70. The van der Waals surface area contributed by atoms with Gasteiger partial charge in [-0.05, 0) is 37.6 Å². The summed E-state index contributed by atoms with van der Waals surface area (Å²) in [5.41, 5.74) is 0.586. The summed E-state index contributed by atoms with van der Waals surface area (Å²) in [5.74, 6) is -1.03. The third-order valence-electron chi connectivity index (χ3n) is 2.53. The highest BCUT2D eigenvalue weighted by Crippen LogP contribution is 2.12. The fourth-order valence-electron chi connectivity index (χ4n) is 1.46. The van der Waals surface area contributed by atoms with Crippen LogP contribution in [0.1, 0.15) is 19.4 Å². The standard InChI is InChI=1S/C14H16N2O5/c1-3-15-14(18)10(2)21-13(17)9-6-11-4-7-12(8-5-11)16(19)20/h4-10H,3H2,1-2H3,(H,15,18)/b9-6+/t10-/m0/s1. The molecule has 0 unspecified atom stereocenters. The van der Waals surface area contributed by atoms with E-state index < -0.39 is 17.0 Å². The number of hydrogen-bond acceptors (Lipinski definition) is 5. The first-order valence-electron chi connectivity index (χ1n) is 6.35. The first-order valence-corrected chi connectivity index (χ1v) is 6.35. The number of carbonyl (C=O) groups excluding carboxylic acids is 2. The number of carbonyl (C=O) groups is 2. The predicted molar refractivity (Wildman–Crippen MR) is 76.4 cm³/mol. The highest BCUT2D eigenvalue weighted by atomic mass is 16.6. The van der Waals surface area contributed by atoms with Crippen LogP contribution in [0.5, 0.6) is 0 Å². The van der Waals surface area contributed by atoms with E-state index in [1.165, 1.54) is 37.3 Å². The van der Waals surface area contributed by atoms with E-state index in [0.29, 0.717) is 12.1 Å². The number of hydrogen-bond donors (Lipinski definition) is 1. The summed E-state index contributed by atoms with van der Waals surface area (Å²) in [6, 6.07) is 5.69. The quantitative estimate of drug-likeness (QED) is 0.372. The molecule has 0 aliphatic carbocycles. The zero-order valence-electron chi connectivity index (χ0n) is 11.7. The molecule has 112 valence electrons. The Labute approximate surface area is 121 Å². The number of rotatable bonds is 6. The number of benzene rings is 1. The number of non-ortho nitro benzene ring substituents is 1. The van der Waals surface area contributed by atoms with Crippen LogP contribution in [-0.4, -0.2) is 29.4 Å². The topological polar surface area (TPSA) is 98.5 Å². The third-order valence-corrected chi connectivity index (χ3v) is 2.53. The second kappa shape index (κ2) is 7.78. The van der Waals surface area contributed by atoms with E-state index in [-0.39, 0.29) is 11.6 Å². The van der Waals surface area contributed by atoms with Gasteiger partial charge in [-0.3, -0.25) is 14.9 Å². The van der Waals surface area contributed by atoms with Crippen molar-refractivity contribution in [2.24, 2.45) is 0 Å². The van der Waals surface area contributed by atoms with E-state index in [4.69, 9.17) is 4.74 Å². The Morgan fingerprint density at radius 2 is 2.00 bits per heavy atom. The molecule has 0 aliphatic rings. The number of likely N-dealkylation sites (N-methyl/N-ethyl adjacent to an activating group) is 1. The molecule has 1 aromatic carbocycles. The molecule has 7 heteroatoms. The third kappa shape index (κ3) is 5.43. The van der Waals surface area contributed by atoms with E-state index in [1.54, 1.807) is 6.92 Å². The minimum Gasteiger partial charge on any atom is -0.449 e. The van der Waals surface area contributed by atoms with Gasteiger partial charge in [-0.1, -0.05) is 0 Å². The lowest BCUT2D eigenvalue weighted by atomic mass is 10.2. The van der Waals surface area contributed by atoms with Gasteiger partial charge in [-0.2, -0.15) is 0 Å². The average molecular weight is 292 g/mol. The van der Waals surface area contributed by atoms with Crippen molar-refractivity contribution in [1.82, 2.24) is 5.32 Å². The van der Waals surface area contributed by atoms with Gasteiger partial charge in [0.2, 0.25) is 0 Å². The number of nitrogens with zero attached hydrogens (tertiary/aromatic N) is 1. The van der Waals surface area contributed by atoms with E-state index in [1.807, 2.05) is 0 Å². The fraction of sp³-hybridized carbons (Fsp3) is 0.286. The largest absolute Gasteiger partial charge is 0.449 e. The average Bonchev–Trinajstić information content (AvgIpc) is 2.45. The van der Waals surface area contributed by atoms with Crippen LogP contribution >= 0.6 is 0 Å². The molecule has 0 saturated carbocycles. The van der Waals surface area contributed by atoms with E-state index in [2.05, 4.69) is 5.32 Å². The Hall–Kier alpha value is -2.70. The first-order chi connectivity index (χ1) is 9.93. The monoisotopic (exact) mass is 292 g/mol. The normalized spacial score (nSPS) is 11.9.